The predicted octanol–water partition coefficient (Wildman–Crippen LogP) is -3.50. The van der Waals surface area contributed by atoms with Crippen molar-refractivity contribution in [1.82, 2.24) is 10.2 Å². The predicted molar refractivity (Wildman–Crippen MR) is 31.4 cm³/mol. The Kier molecular flexibility index (Phi) is 4.60. The van der Waals surface area contributed by atoms with Gasteiger partial charge in [0, 0.05) is 0 Å². The number of carboxylic acids is 1. The molecular formula is C5H2ClN2NaO2. The van der Waals surface area contributed by atoms with Gasteiger partial charge in [0.25, 0.3) is 0 Å². The molecule has 0 atom stereocenters. The maximum absolute atomic E-state index is 10.1. The molecule has 52 valence electrons. The minimum absolute atomic E-state index is 0. The van der Waals surface area contributed by atoms with Gasteiger partial charge in [-0.05, 0) is 6.07 Å². The van der Waals surface area contributed by atoms with E-state index in [1.165, 1.54) is 12.3 Å². The van der Waals surface area contributed by atoms with E-state index in [0.29, 0.717) is 0 Å². The first-order chi connectivity index (χ1) is 4.70. The Balaban J connectivity index is 0.000001000. The molecule has 0 spiro atoms. The average Bonchev–Trinajstić information content (AvgIpc) is 1.88. The number of carbonyl (C=O) groups excluding carboxylic acids is 1. The molecule has 0 radical (unpaired) electrons. The fourth-order valence-corrected chi connectivity index (χ4v) is 0.590. The van der Waals surface area contributed by atoms with E-state index in [1.54, 1.807) is 0 Å². The second-order valence-corrected chi connectivity index (χ2v) is 1.98. The van der Waals surface area contributed by atoms with Gasteiger partial charge < -0.3 is 9.90 Å². The molecule has 0 aromatic carbocycles. The number of halogens is 1. The fraction of sp³-hybridized carbons (Fsp3) is 0. The van der Waals surface area contributed by atoms with Crippen LogP contribution in [0.3, 0.4) is 0 Å². The van der Waals surface area contributed by atoms with Crippen molar-refractivity contribution in [2.75, 3.05) is 0 Å². The van der Waals surface area contributed by atoms with E-state index in [1.807, 2.05) is 0 Å². The van der Waals surface area contributed by atoms with Crippen LogP contribution in [0.1, 0.15) is 10.5 Å². The topological polar surface area (TPSA) is 65.9 Å². The van der Waals surface area contributed by atoms with E-state index in [-0.39, 0.29) is 40.3 Å². The van der Waals surface area contributed by atoms with Gasteiger partial charge in [-0.2, -0.15) is 5.10 Å². The van der Waals surface area contributed by atoms with Gasteiger partial charge in [0.1, 0.15) is 5.69 Å². The molecule has 0 bridgehead atoms. The van der Waals surface area contributed by atoms with Crippen molar-refractivity contribution in [3.8, 4) is 0 Å². The van der Waals surface area contributed by atoms with Gasteiger partial charge in [-0.3, -0.25) is 0 Å². The van der Waals surface area contributed by atoms with Crippen LogP contribution < -0.4 is 34.7 Å². The molecular weight excluding hydrogens is 179 g/mol. The molecule has 1 aromatic heterocycles. The first kappa shape index (κ1) is 10.8. The number of carbonyl (C=O) groups is 1. The van der Waals surface area contributed by atoms with E-state index >= 15 is 0 Å². The van der Waals surface area contributed by atoms with Crippen LogP contribution in [0.25, 0.3) is 0 Å². The van der Waals surface area contributed by atoms with Crippen LogP contribution in [0.2, 0.25) is 5.02 Å². The van der Waals surface area contributed by atoms with Crippen LogP contribution in [0.15, 0.2) is 12.3 Å². The van der Waals surface area contributed by atoms with Crippen molar-refractivity contribution in [3.63, 3.8) is 0 Å². The molecule has 0 unspecified atom stereocenters. The third kappa shape index (κ3) is 3.16. The zero-order chi connectivity index (χ0) is 7.56. The minimum atomic E-state index is -1.38. The summed E-state index contributed by atoms with van der Waals surface area (Å²) in [5, 5.41) is 16.9. The summed E-state index contributed by atoms with van der Waals surface area (Å²) < 4.78 is 0. The number of hydrogen-bond donors (Lipinski definition) is 0. The summed E-state index contributed by atoms with van der Waals surface area (Å²) in [5.41, 5.74) is -0.257. The molecule has 1 rings (SSSR count). The van der Waals surface area contributed by atoms with Gasteiger partial charge >= 0.3 is 29.6 Å². The minimum Gasteiger partial charge on any atom is -0.543 e. The molecule has 0 aliphatic rings. The van der Waals surface area contributed by atoms with Crippen LogP contribution in [0, 0.1) is 0 Å². The van der Waals surface area contributed by atoms with Crippen molar-refractivity contribution in [2.45, 2.75) is 0 Å². The Hall–Kier alpha value is -0.160. The SMILES string of the molecule is O=C([O-])c1cc(Cl)cnn1.[Na+]. The number of aromatic nitrogens is 2. The number of nitrogens with zero attached hydrogens (tertiary/aromatic N) is 2. The summed E-state index contributed by atoms with van der Waals surface area (Å²) in [6, 6.07) is 1.17. The first-order valence-electron chi connectivity index (χ1n) is 2.40. The molecule has 1 aromatic rings. The fourth-order valence-electron chi connectivity index (χ4n) is 0.443. The Morgan fingerprint density at radius 3 is 2.64 bits per heavy atom. The van der Waals surface area contributed by atoms with Crippen molar-refractivity contribution in [3.05, 3.63) is 23.0 Å². The zero-order valence-electron chi connectivity index (χ0n) is 5.74. The van der Waals surface area contributed by atoms with Gasteiger partial charge in [-0.25, -0.2) is 0 Å². The standard InChI is InChI=1S/C5H3ClN2O2.Na/c6-3-1-4(5(9)10)8-7-2-3;/h1-2H,(H,9,10);/q;+1/p-1. The van der Waals surface area contributed by atoms with Crippen LogP contribution in [-0.4, -0.2) is 16.2 Å². The van der Waals surface area contributed by atoms with Gasteiger partial charge in [0.15, 0.2) is 0 Å². The van der Waals surface area contributed by atoms with E-state index in [4.69, 9.17) is 11.6 Å². The zero-order valence-corrected chi connectivity index (χ0v) is 8.50. The second kappa shape index (κ2) is 4.66. The Morgan fingerprint density at radius 2 is 2.27 bits per heavy atom. The van der Waals surface area contributed by atoms with Crippen molar-refractivity contribution in [1.29, 1.82) is 0 Å². The number of rotatable bonds is 1. The molecule has 11 heavy (non-hydrogen) atoms. The summed E-state index contributed by atoms with van der Waals surface area (Å²) in [7, 11) is 0. The summed E-state index contributed by atoms with van der Waals surface area (Å²) in [5.74, 6) is -1.38. The van der Waals surface area contributed by atoms with Crippen molar-refractivity contribution in [2.24, 2.45) is 0 Å². The van der Waals surface area contributed by atoms with Crippen LogP contribution in [-0.2, 0) is 0 Å². The normalized spacial score (nSPS) is 8.45. The summed E-state index contributed by atoms with van der Waals surface area (Å²) >= 11 is 5.40. The number of aromatic carboxylic acids is 1. The molecule has 0 N–H and O–H groups in total. The Labute approximate surface area is 89.9 Å². The average molecular weight is 181 g/mol. The molecule has 0 saturated carbocycles. The van der Waals surface area contributed by atoms with Gasteiger partial charge in [-0.15, -0.1) is 5.10 Å². The Morgan fingerprint density at radius 1 is 1.64 bits per heavy atom. The summed E-state index contributed by atoms with van der Waals surface area (Å²) in [6.07, 6.45) is 1.24. The molecule has 1 heterocycles. The second-order valence-electron chi connectivity index (χ2n) is 1.55. The van der Waals surface area contributed by atoms with Crippen LogP contribution in [0.4, 0.5) is 0 Å². The maximum Gasteiger partial charge on any atom is 1.00 e. The largest absolute Gasteiger partial charge is 1.00 e. The third-order valence-electron chi connectivity index (χ3n) is 0.830. The molecule has 4 nitrogen and oxygen atoms in total. The van der Waals surface area contributed by atoms with Crippen molar-refractivity contribution < 1.29 is 39.5 Å². The smallest absolute Gasteiger partial charge is 0.543 e. The Bertz CT molecular complexity index is 268. The molecule has 0 aliphatic carbocycles. The summed E-state index contributed by atoms with van der Waals surface area (Å²) in [4.78, 5) is 10.1. The summed E-state index contributed by atoms with van der Waals surface area (Å²) in [6.45, 7) is 0. The third-order valence-corrected chi connectivity index (χ3v) is 1.04. The number of hydrogen-bond acceptors (Lipinski definition) is 4. The molecule has 0 fully saturated rings. The number of carboxylic acid groups (broad SMARTS) is 1. The quantitative estimate of drug-likeness (QED) is 0.421. The van der Waals surface area contributed by atoms with E-state index in [9.17, 15) is 9.90 Å². The monoisotopic (exact) mass is 180 g/mol. The molecule has 0 saturated heterocycles. The molecule has 0 amide bonds. The van der Waals surface area contributed by atoms with E-state index < -0.39 is 5.97 Å². The first-order valence-corrected chi connectivity index (χ1v) is 2.77. The van der Waals surface area contributed by atoms with E-state index in [0.717, 1.165) is 0 Å². The van der Waals surface area contributed by atoms with Gasteiger partial charge in [0.05, 0.1) is 17.2 Å². The van der Waals surface area contributed by atoms with Gasteiger partial charge in [0.2, 0.25) is 0 Å². The maximum atomic E-state index is 10.1. The van der Waals surface area contributed by atoms with Crippen LogP contribution in [0.5, 0.6) is 0 Å². The van der Waals surface area contributed by atoms with E-state index in [2.05, 4.69) is 10.2 Å². The van der Waals surface area contributed by atoms with Gasteiger partial charge in [-0.1, -0.05) is 11.6 Å². The van der Waals surface area contributed by atoms with Crippen LogP contribution >= 0.6 is 11.6 Å². The van der Waals surface area contributed by atoms with Crippen molar-refractivity contribution >= 4 is 17.6 Å². The molecule has 0 aliphatic heterocycles. The molecule has 6 heteroatoms.